The summed E-state index contributed by atoms with van der Waals surface area (Å²) in [7, 11) is 0. The number of pyridine rings is 1. The number of carbonyl (C=O) groups is 1. The fourth-order valence-corrected chi connectivity index (χ4v) is 3.47. The summed E-state index contributed by atoms with van der Waals surface area (Å²) in [5, 5.41) is 5.93. The molecule has 4 nitrogen and oxygen atoms in total. The Kier molecular flexibility index (Phi) is 5.64. The van der Waals surface area contributed by atoms with Crippen LogP contribution in [-0.4, -0.2) is 16.6 Å². The summed E-state index contributed by atoms with van der Waals surface area (Å²) >= 11 is 3.08. The molecule has 2 rings (SSSR count). The van der Waals surface area contributed by atoms with Gasteiger partial charge in [0.1, 0.15) is 0 Å². The summed E-state index contributed by atoms with van der Waals surface area (Å²) in [5.74, 6) is 0.726. The highest BCUT2D eigenvalue weighted by atomic mass is 32.2. The van der Waals surface area contributed by atoms with Gasteiger partial charge in [0, 0.05) is 4.88 Å². The van der Waals surface area contributed by atoms with Gasteiger partial charge in [0.2, 0.25) is 5.91 Å². The fraction of sp³-hybridized carbons (Fsp3) is 0.333. The Morgan fingerprint density at radius 3 is 2.81 bits per heavy atom. The molecule has 1 amide bonds. The number of rotatable bonds is 6. The molecule has 112 valence electrons. The number of amides is 1. The Morgan fingerprint density at radius 2 is 2.24 bits per heavy atom. The lowest BCUT2D eigenvalue weighted by atomic mass is 10.0. The van der Waals surface area contributed by atoms with E-state index in [0.29, 0.717) is 17.4 Å². The number of hydrogen-bond donors (Lipinski definition) is 2. The van der Waals surface area contributed by atoms with E-state index in [1.807, 2.05) is 17.5 Å². The molecular formula is C15H19N3OS2. The zero-order chi connectivity index (χ0) is 15.2. The largest absolute Gasteiger partial charge is 0.397 e. The normalized spacial score (nSPS) is 12.3. The van der Waals surface area contributed by atoms with Gasteiger partial charge in [0.25, 0.3) is 0 Å². The van der Waals surface area contributed by atoms with Gasteiger partial charge in [-0.3, -0.25) is 4.79 Å². The van der Waals surface area contributed by atoms with Crippen molar-refractivity contribution in [1.29, 1.82) is 0 Å². The molecule has 0 aliphatic carbocycles. The van der Waals surface area contributed by atoms with Crippen LogP contribution in [0.15, 0.2) is 40.9 Å². The highest BCUT2D eigenvalue weighted by molar-refractivity contribution is 7.99. The van der Waals surface area contributed by atoms with Crippen LogP contribution in [0.5, 0.6) is 0 Å². The third-order valence-electron chi connectivity index (χ3n) is 2.94. The Labute approximate surface area is 133 Å². The van der Waals surface area contributed by atoms with Crippen LogP contribution in [0.1, 0.15) is 24.8 Å². The molecule has 0 spiro atoms. The molecule has 2 aromatic heterocycles. The van der Waals surface area contributed by atoms with Gasteiger partial charge in [0.05, 0.1) is 28.7 Å². The number of hydrogen-bond acceptors (Lipinski definition) is 5. The van der Waals surface area contributed by atoms with Crippen molar-refractivity contribution in [3.05, 3.63) is 40.7 Å². The second kappa shape index (κ2) is 7.47. The summed E-state index contributed by atoms with van der Waals surface area (Å²) < 4.78 is 0. The van der Waals surface area contributed by atoms with Crippen molar-refractivity contribution in [1.82, 2.24) is 10.3 Å². The Hall–Kier alpha value is -1.53. The molecule has 3 N–H and O–H groups in total. The van der Waals surface area contributed by atoms with E-state index < -0.39 is 0 Å². The van der Waals surface area contributed by atoms with Gasteiger partial charge in [-0.25, -0.2) is 4.98 Å². The van der Waals surface area contributed by atoms with E-state index in [-0.39, 0.29) is 11.9 Å². The Balaban J connectivity index is 1.89. The van der Waals surface area contributed by atoms with E-state index in [4.69, 9.17) is 5.73 Å². The van der Waals surface area contributed by atoms with Crippen LogP contribution in [0.25, 0.3) is 0 Å². The van der Waals surface area contributed by atoms with Gasteiger partial charge in [-0.2, -0.15) is 0 Å². The minimum Gasteiger partial charge on any atom is -0.397 e. The molecule has 1 unspecified atom stereocenters. The summed E-state index contributed by atoms with van der Waals surface area (Å²) in [4.78, 5) is 17.5. The summed E-state index contributed by atoms with van der Waals surface area (Å²) in [5.41, 5.74) is 6.21. The molecule has 21 heavy (non-hydrogen) atoms. The molecule has 0 aromatic carbocycles. The number of aromatic nitrogens is 1. The highest BCUT2D eigenvalue weighted by Gasteiger charge is 2.19. The van der Waals surface area contributed by atoms with Crippen molar-refractivity contribution < 1.29 is 4.79 Å². The maximum absolute atomic E-state index is 12.1. The zero-order valence-corrected chi connectivity index (χ0v) is 13.7. The fourth-order valence-electron chi connectivity index (χ4n) is 1.87. The first kappa shape index (κ1) is 15.9. The van der Waals surface area contributed by atoms with Crippen LogP contribution >= 0.6 is 23.1 Å². The van der Waals surface area contributed by atoms with Crippen molar-refractivity contribution in [2.75, 3.05) is 11.5 Å². The number of nitrogen functional groups attached to an aromatic ring is 1. The van der Waals surface area contributed by atoms with Crippen molar-refractivity contribution in [2.45, 2.75) is 24.9 Å². The minimum absolute atomic E-state index is 0.0192. The minimum atomic E-state index is 0.0192. The molecule has 2 heterocycles. The number of thioether (sulfide) groups is 1. The molecule has 0 saturated heterocycles. The molecule has 0 bridgehead atoms. The second-order valence-corrected chi connectivity index (χ2v) is 7.00. The predicted molar refractivity (Wildman–Crippen MR) is 89.4 cm³/mol. The number of nitrogens with zero attached hydrogens (tertiary/aromatic N) is 1. The maximum atomic E-state index is 12.1. The predicted octanol–water partition coefficient (Wildman–Crippen LogP) is 3.33. The van der Waals surface area contributed by atoms with Crippen LogP contribution in [-0.2, 0) is 4.79 Å². The standard InChI is InChI=1S/C15H19N3OS2/c1-10(2)15(12-4-3-7-20-12)18-13(19)9-21-14-6-5-11(16)8-17-14/h3-8,10,15H,9,16H2,1-2H3,(H,18,19). The van der Waals surface area contributed by atoms with Crippen molar-refractivity contribution in [3.63, 3.8) is 0 Å². The molecule has 0 saturated carbocycles. The zero-order valence-electron chi connectivity index (χ0n) is 12.1. The third-order valence-corrected chi connectivity index (χ3v) is 4.84. The summed E-state index contributed by atoms with van der Waals surface area (Å²) in [6.07, 6.45) is 1.60. The summed E-state index contributed by atoms with van der Waals surface area (Å²) in [6, 6.07) is 7.75. The molecule has 1 atom stereocenters. The van der Waals surface area contributed by atoms with Crippen molar-refractivity contribution in [2.24, 2.45) is 5.92 Å². The lowest BCUT2D eigenvalue weighted by molar-refractivity contribution is -0.119. The highest BCUT2D eigenvalue weighted by Crippen LogP contribution is 2.26. The smallest absolute Gasteiger partial charge is 0.230 e. The monoisotopic (exact) mass is 321 g/mol. The first-order chi connectivity index (χ1) is 10.1. The van der Waals surface area contributed by atoms with E-state index in [1.54, 1.807) is 23.6 Å². The number of thiophene rings is 1. The average molecular weight is 321 g/mol. The average Bonchev–Trinajstić information content (AvgIpc) is 2.97. The molecule has 0 aliphatic heterocycles. The van der Waals surface area contributed by atoms with E-state index in [2.05, 4.69) is 30.2 Å². The van der Waals surface area contributed by atoms with Crippen LogP contribution in [0.3, 0.4) is 0 Å². The molecular weight excluding hydrogens is 302 g/mol. The SMILES string of the molecule is CC(C)C(NC(=O)CSc1ccc(N)cn1)c1cccs1. The Bertz CT molecular complexity index is 567. The quantitative estimate of drug-likeness (QED) is 0.801. The number of nitrogens with two attached hydrogens (primary N) is 1. The van der Waals surface area contributed by atoms with Crippen LogP contribution < -0.4 is 11.1 Å². The number of carbonyl (C=O) groups excluding carboxylic acids is 1. The maximum Gasteiger partial charge on any atom is 0.230 e. The molecule has 0 fully saturated rings. The number of nitrogens with one attached hydrogen (secondary N) is 1. The van der Waals surface area contributed by atoms with E-state index in [1.165, 1.54) is 16.6 Å². The van der Waals surface area contributed by atoms with E-state index in [9.17, 15) is 4.79 Å². The van der Waals surface area contributed by atoms with Crippen LogP contribution in [0.4, 0.5) is 5.69 Å². The van der Waals surface area contributed by atoms with Crippen molar-refractivity contribution in [3.8, 4) is 0 Å². The lowest BCUT2D eigenvalue weighted by Crippen LogP contribution is -2.32. The van der Waals surface area contributed by atoms with Gasteiger partial charge < -0.3 is 11.1 Å². The van der Waals surface area contributed by atoms with Gasteiger partial charge in [-0.05, 0) is 29.5 Å². The first-order valence-corrected chi connectivity index (χ1v) is 8.60. The van der Waals surface area contributed by atoms with Gasteiger partial charge in [0.15, 0.2) is 0 Å². The topological polar surface area (TPSA) is 68.0 Å². The summed E-state index contributed by atoms with van der Waals surface area (Å²) in [6.45, 7) is 4.22. The van der Waals surface area contributed by atoms with E-state index in [0.717, 1.165) is 5.03 Å². The van der Waals surface area contributed by atoms with Crippen molar-refractivity contribution >= 4 is 34.7 Å². The lowest BCUT2D eigenvalue weighted by Gasteiger charge is -2.21. The molecule has 0 aliphatic rings. The van der Waals surface area contributed by atoms with Gasteiger partial charge in [-0.1, -0.05) is 31.7 Å². The van der Waals surface area contributed by atoms with E-state index >= 15 is 0 Å². The number of anilines is 1. The van der Waals surface area contributed by atoms with Crippen LogP contribution in [0.2, 0.25) is 0 Å². The van der Waals surface area contributed by atoms with Gasteiger partial charge in [-0.15, -0.1) is 11.3 Å². The molecule has 0 radical (unpaired) electrons. The van der Waals surface area contributed by atoms with Gasteiger partial charge >= 0.3 is 0 Å². The Morgan fingerprint density at radius 1 is 1.43 bits per heavy atom. The first-order valence-electron chi connectivity index (χ1n) is 6.73. The third kappa shape index (κ3) is 4.75. The molecule has 2 aromatic rings. The second-order valence-electron chi connectivity index (χ2n) is 5.02. The molecule has 6 heteroatoms. The van der Waals surface area contributed by atoms with Crippen LogP contribution in [0, 0.1) is 5.92 Å².